The van der Waals surface area contributed by atoms with Gasteiger partial charge in [0, 0.05) is 21.5 Å². The topological polar surface area (TPSA) is 77.8 Å². The smallest absolute Gasteiger partial charge is 0.303 e. The molecule has 0 saturated heterocycles. The minimum Gasteiger partial charge on any atom is -0.481 e. The van der Waals surface area contributed by atoms with Gasteiger partial charge in [0.05, 0.1) is 24.3 Å². The Morgan fingerprint density at radius 3 is 2.87 bits per heavy atom. The first-order valence-electron chi connectivity index (χ1n) is 10.3. The van der Waals surface area contributed by atoms with E-state index in [1.54, 1.807) is 23.1 Å². The summed E-state index contributed by atoms with van der Waals surface area (Å²) in [5.74, 6) is 0.217. The van der Waals surface area contributed by atoms with E-state index in [-0.39, 0.29) is 24.2 Å². The number of aliphatic hydroxyl groups excluding tert-OH is 2. The second kappa shape index (κ2) is 13.1. The number of aryl methyl sites for hydroxylation is 1. The highest BCUT2D eigenvalue weighted by atomic mass is 79.9. The number of aliphatic carboxylic acids is 1. The molecule has 1 aliphatic rings. The Hall–Kier alpha value is -0.535. The van der Waals surface area contributed by atoms with Crippen LogP contribution < -0.4 is 0 Å². The Kier molecular flexibility index (Phi) is 11.2. The molecule has 8 heteroatoms. The molecule has 164 valence electrons. The van der Waals surface area contributed by atoms with E-state index in [9.17, 15) is 15.0 Å². The predicted octanol–water partition coefficient (Wildman–Crippen LogP) is 5.23. The van der Waals surface area contributed by atoms with E-state index in [2.05, 4.69) is 28.9 Å². The average Bonchev–Trinajstić information content (AvgIpc) is 3.19. The Balaban J connectivity index is 1.88. The number of thiophene rings is 1. The molecule has 3 N–H and O–H groups in total. The SMILES string of the molecule is [B]C[C@@H]1CC(O)[C@H](C/C=C\CCCC(=O)O)[C@H]1/C=C/[C@@H](O)CSc1cc(Br)c(C)s1. The van der Waals surface area contributed by atoms with Crippen LogP contribution in [0.15, 0.2) is 39.1 Å². The third kappa shape index (κ3) is 8.19. The van der Waals surface area contributed by atoms with Crippen LogP contribution in [0.4, 0.5) is 0 Å². The van der Waals surface area contributed by atoms with Crippen LogP contribution in [-0.4, -0.2) is 47.1 Å². The van der Waals surface area contributed by atoms with Crippen molar-refractivity contribution in [3.63, 3.8) is 0 Å². The zero-order chi connectivity index (χ0) is 22.1. The Labute approximate surface area is 197 Å². The molecule has 30 heavy (non-hydrogen) atoms. The highest BCUT2D eigenvalue weighted by Gasteiger charge is 2.39. The minimum atomic E-state index is -0.774. The molecule has 1 aliphatic carbocycles. The van der Waals surface area contributed by atoms with Crippen LogP contribution >= 0.6 is 39.0 Å². The van der Waals surface area contributed by atoms with Crippen molar-refractivity contribution in [2.75, 3.05) is 5.75 Å². The third-order valence-electron chi connectivity index (χ3n) is 5.50. The van der Waals surface area contributed by atoms with Crippen LogP contribution in [0, 0.1) is 24.7 Å². The third-order valence-corrected chi connectivity index (χ3v) is 8.95. The molecule has 2 rings (SSSR count). The van der Waals surface area contributed by atoms with Gasteiger partial charge in [-0.05, 0) is 72.4 Å². The van der Waals surface area contributed by atoms with Crippen molar-refractivity contribution in [1.29, 1.82) is 0 Å². The maximum atomic E-state index is 10.6. The van der Waals surface area contributed by atoms with Crippen molar-refractivity contribution in [2.24, 2.45) is 17.8 Å². The lowest BCUT2D eigenvalue weighted by molar-refractivity contribution is -0.137. The van der Waals surface area contributed by atoms with Gasteiger partial charge in [-0.3, -0.25) is 4.79 Å². The normalized spacial score (nSPS) is 25.5. The highest BCUT2D eigenvalue weighted by Crippen LogP contribution is 2.42. The molecule has 1 aromatic heterocycles. The summed E-state index contributed by atoms with van der Waals surface area (Å²) < 4.78 is 2.28. The molecule has 1 saturated carbocycles. The van der Waals surface area contributed by atoms with Gasteiger partial charge in [-0.15, -0.1) is 23.1 Å². The van der Waals surface area contributed by atoms with Crippen molar-refractivity contribution in [2.45, 2.75) is 61.8 Å². The number of thioether (sulfide) groups is 1. The van der Waals surface area contributed by atoms with Crippen molar-refractivity contribution in [3.05, 3.63) is 39.7 Å². The van der Waals surface area contributed by atoms with Crippen LogP contribution in [0.1, 0.15) is 37.0 Å². The predicted molar refractivity (Wildman–Crippen MR) is 130 cm³/mol. The van der Waals surface area contributed by atoms with Gasteiger partial charge in [0.1, 0.15) is 0 Å². The van der Waals surface area contributed by atoms with Gasteiger partial charge < -0.3 is 15.3 Å². The summed E-state index contributed by atoms with van der Waals surface area (Å²) in [6.07, 6.45) is 10.4. The fraction of sp³-hybridized carbons (Fsp3) is 0.591. The fourth-order valence-corrected chi connectivity index (χ4v) is 6.71. The highest BCUT2D eigenvalue weighted by molar-refractivity contribution is 9.10. The number of allylic oxidation sites excluding steroid dienone is 3. The second-order valence-corrected chi connectivity index (χ2v) is 11.2. The van der Waals surface area contributed by atoms with E-state index in [0.29, 0.717) is 24.9 Å². The van der Waals surface area contributed by atoms with Gasteiger partial charge in [0.25, 0.3) is 0 Å². The van der Waals surface area contributed by atoms with E-state index < -0.39 is 18.2 Å². The van der Waals surface area contributed by atoms with Crippen LogP contribution in [0.2, 0.25) is 6.32 Å². The number of rotatable bonds is 12. The monoisotopic (exact) mass is 512 g/mol. The van der Waals surface area contributed by atoms with Crippen LogP contribution in [0.3, 0.4) is 0 Å². The maximum absolute atomic E-state index is 10.6. The first-order chi connectivity index (χ1) is 14.3. The van der Waals surface area contributed by atoms with Crippen LogP contribution in [0.25, 0.3) is 0 Å². The summed E-state index contributed by atoms with van der Waals surface area (Å²) in [7, 11) is 5.94. The molecule has 0 spiro atoms. The van der Waals surface area contributed by atoms with Crippen molar-refractivity contribution in [3.8, 4) is 0 Å². The van der Waals surface area contributed by atoms with Gasteiger partial charge in [0.2, 0.25) is 0 Å². The zero-order valence-corrected chi connectivity index (χ0v) is 20.5. The van der Waals surface area contributed by atoms with Gasteiger partial charge in [-0.1, -0.05) is 30.6 Å². The summed E-state index contributed by atoms with van der Waals surface area (Å²) >= 11 is 6.87. The van der Waals surface area contributed by atoms with E-state index in [4.69, 9.17) is 13.0 Å². The Morgan fingerprint density at radius 1 is 1.47 bits per heavy atom. The molecule has 0 aromatic carbocycles. The number of hydrogen-bond acceptors (Lipinski definition) is 5. The molecule has 1 heterocycles. The van der Waals surface area contributed by atoms with Crippen LogP contribution in [-0.2, 0) is 4.79 Å². The number of hydrogen-bond donors (Lipinski definition) is 3. The number of carbonyl (C=O) groups is 1. The van der Waals surface area contributed by atoms with Gasteiger partial charge >= 0.3 is 5.97 Å². The minimum absolute atomic E-state index is 0.0706. The van der Waals surface area contributed by atoms with E-state index in [0.717, 1.165) is 17.3 Å². The lowest BCUT2D eigenvalue weighted by Gasteiger charge is -2.21. The molecular formula is C22H30BBrO4S2. The summed E-state index contributed by atoms with van der Waals surface area (Å²) in [4.78, 5) is 11.8. The van der Waals surface area contributed by atoms with E-state index >= 15 is 0 Å². The molecule has 1 aromatic rings. The molecule has 4 nitrogen and oxygen atoms in total. The van der Waals surface area contributed by atoms with Gasteiger partial charge in [-0.25, -0.2) is 0 Å². The van der Waals surface area contributed by atoms with Gasteiger partial charge in [0.15, 0.2) is 0 Å². The second-order valence-electron chi connectivity index (χ2n) is 7.77. The molecule has 0 bridgehead atoms. The molecule has 1 unspecified atom stereocenters. The van der Waals surface area contributed by atoms with Crippen molar-refractivity contribution < 1.29 is 20.1 Å². The summed E-state index contributed by atoms with van der Waals surface area (Å²) in [6, 6.07) is 2.08. The average molecular weight is 513 g/mol. The molecular weight excluding hydrogens is 483 g/mol. The molecule has 2 radical (unpaired) electrons. The van der Waals surface area contributed by atoms with Crippen LogP contribution in [0.5, 0.6) is 0 Å². The molecule has 0 amide bonds. The van der Waals surface area contributed by atoms with Crippen molar-refractivity contribution >= 4 is 52.8 Å². The quantitative estimate of drug-likeness (QED) is 0.155. The largest absolute Gasteiger partial charge is 0.481 e. The summed E-state index contributed by atoms with van der Waals surface area (Å²) in [5.41, 5.74) is 0. The van der Waals surface area contributed by atoms with E-state index in [1.807, 2.05) is 24.3 Å². The first-order valence-corrected chi connectivity index (χ1v) is 12.9. The van der Waals surface area contributed by atoms with E-state index in [1.165, 1.54) is 9.09 Å². The standard InChI is InChI=1S/C22H30BBrO4S2/c1-14-19(24)11-22(30-14)29-13-16(25)8-9-17-15(12-23)10-20(26)18(17)6-4-2-3-5-7-21(27)28/h2,4,8-9,11,15-18,20,25-26H,3,5-7,10,12-13H2,1H3,(H,27,28)/b4-2-,9-8+/t15-,16+,17-,18+,20?/m0/s1. The molecule has 1 fully saturated rings. The number of carboxylic acids is 1. The Bertz CT molecular complexity index is 717. The van der Waals surface area contributed by atoms with Crippen molar-refractivity contribution in [1.82, 2.24) is 0 Å². The summed E-state index contributed by atoms with van der Waals surface area (Å²) in [6.45, 7) is 2.06. The number of carboxylic acid groups (broad SMARTS) is 1. The number of aliphatic hydroxyl groups is 2. The molecule has 0 aliphatic heterocycles. The number of halogens is 1. The Morgan fingerprint density at radius 2 is 2.23 bits per heavy atom. The maximum Gasteiger partial charge on any atom is 0.303 e. The van der Waals surface area contributed by atoms with Gasteiger partial charge in [-0.2, -0.15) is 0 Å². The number of unbranched alkanes of at least 4 members (excludes halogenated alkanes) is 1. The molecule has 5 atom stereocenters. The first kappa shape index (κ1) is 25.7. The lowest BCUT2D eigenvalue weighted by Crippen LogP contribution is -2.19. The zero-order valence-electron chi connectivity index (χ0n) is 17.2. The fourth-order valence-electron chi connectivity index (χ4n) is 3.84. The lowest BCUT2D eigenvalue weighted by atomic mass is 9.80. The summed E-state index contributed by atoms with van der Waals surface area (Å²) in [5, 5.41) is 29.6.